The van der Waals surface area contributed by atoms with Gasteiger partial charge in [0.2, 0.25) is 0 Å². The van der Waals surface area contributed by atoms with E-state index in [1.54, 1.807) is 22.9 Å². The summed E-state index contributed by atoms with van der Waals surface area (Å²) >= 11 is 0. The lowest BCUT2D eigenvalue weighted by molar-refractivity contribution is -0.146. The first kappa shape index (κ1) is 38.6. The molecule has 10 heteroatoms. The van der Waals surface area contributed by atoms with Crippen LogP contribution in [0.3, 0.4) is 0 Å². The minimum atomic E-state index is -1.26. The maximum absolute atomic E-state index is 15.5. The summed E-state index contributed by atoms with van der Waals surface area (Å²) in [4.78, 5) is 33.0. The molecule has 0 bridgehead atoms. The van der Waals surface area contributed by atoms with Crippen LogP contribution in [0.5, 0.6) is 5.75 Å². The Hall–Kier alpha value is -6.62. The van der Waals surface area contributed by atoms with Crippen LogP contribution in [0.15, 0.2) is 146 Å². The second-order valence-corrected chi connectivity index (χ2v) is 17.1. The third kappa shape index (κ3) is 6.15. The Kier molecular flexibility index (Phi) is 9.38. The molecule has 10 nitrogen and oxygen atoms in total. The highest BCUT2D eigenvalue weighted by Crippen LogP contribution is 2.60. The Morgan fingerprint density at radius 3 is 2.36 bits per heavy atom. The van der Waals surface area contributed by atoms with E-state index < -0.39 is 17.1 Å². The monoisotopic (exact) mass is 809 g/mol. The summed E-state index contributed by atoms with van der Waals surface area (Å²) in [7, 11) is 1.66. The number of aromatic nitrogens is 3. The molecule has 1 saturated heterocycles. The Bertz CT molecular complexity index is 2800. The van der Waals surface area contributed by atoms with E-state index in [9.17, 15) is 9.90 Å². The fraction of sp³-hybridized carbons (Fsp3) is 0.255. The quantitative estimate of drug-likeness (QED) is 0.139. The summed E-state index contributed by atoms with van der Waals surface area (Å²) < 4.78 is 14.6. The first-order valence-corrected chi connectivity index (χ1v) is 20.9. The number of fused-ring (bicyclic) bond motifs is 2. The van der Waals surface area contributed by atoms with Gasteiger partial charge in [0.15, 0.2) is 5.60 Å². The summed E-state index contributed by atoms with van der Waals surface area (Å²) in [5.74, 6) is 0.257. The molecule has 10 rings (SSSR count). The third-order valence-corrected chi connectivity index (χ3v) is 13.4. The third-order valence-electron chi connectivity index (χ3n) is 13.4. The highest BCUT2D eigenvalue weighted by Gasteiger charge is 2.65. The Balaban J connectivity index is 0.981. The number of aliphatic hydroxyl groups excluding tert-OH is 1. The van der Waals surface area contributed by atoms with E-state index in [2.05, 4.69) is 43.2 Å². The molecule has 0 aliphatic carbocycles. The highest BCUT2D eigenvalue weighted by atomic mass is 16.5. The molecule has 1 aromatic heterocycles. The van der Waals surface area contributed by atoms with Gasteiger partial charge in [-0.15, -0.1) is 5.10 Å². The number of aryl methyl sites for hydroxylation is 1. The van der Waals surface area contributed by atoms with Crippen molar-refractivity contribution >= 4 is 39.6 Å². The van der Waals surface area contributed by atoms with Crippen molar-refractivity contribution in [1.82, 2.24) is 15.0 Å². The Morgan fingerprint density at radius 1 is 0.852 bits per heavy atom. The lowest BCUT2D eigenvalue weighted by atomic mass is 9.63. The van der Waals surface area contributed by atoms with Gasteiger partial charge in [-0.2, -0.15) is 0 Å². The summed E-state index contributed by atoms with van der Waals surface area (Å²) in [5, 5.41) is 21.8. The average molecular weight is 810 g/mol. The number of carbonyl (C=O) groups is 2. The molecule has 1 N–H and O–H groups in total. The molecule has 6 aromatic carbocycles. The van der Waals surface area contributed by atoms with Gasteiger partial charge in [-0.25, -0.2) is 0 Å². The zero-order valence-electron chi connectivity index (χ0n) is 34.6. The molecule has 7 aromatic rings. The van der Waals surface area contributed by atoms with E-state index in [-0.39, 0.29) is 29.8 Å². The number of carbonyl (C=O) groups excluding carboxylic acids is 2. The Labute approximate surface area is 355 Å². The van der Waals surface area contributed by atoms with E-state index >= 15 is 4.79 Å². The molecule has 1 spiro atoms. The van der Waals surface area contributed by atoms with Crippen molar-refractivity contribution in [3.8, 4) is 5.75 Å². The lowest BCUT2D eigenvalue weighted by Gasteiger charge is -2.38. The lowest BCUT2D eigenvalue weighted by Crippen LogP contribution is -2.45. The number of hydrogen-bond donors (Lipinski definition) is 1. The first-order chi connectivity index (χ1) is 29.6. The molecule has 0 radical (unpaired) electrons. The molecule has 4 heterocycles. The predicted molar refractivity (Wildman–Crippen MR) is 235 cm³/mol. The maximum atomic E-state index is 15.5. The van der Waals surface area contributed by atoms with Crippen molar-refractivity contribution in [1.29, 1.82) is 0 Å². The van der Waals surface area contributed by atoms with Crippen LogP contribution in [0.25, 0.3) is 10.8 Å². The molecule has 3 aliphatic heterocycles. The molecule has 0 unspecified atom stereocenters. The zero-order chi connectivity index (χ0) is 42.0. The number of amides is 2. The summed E-state index contributed by atoms with van der Waals surface area (Å²) in [6.45, 7) is 7.40. The average Bonchev–Trinajstić information content (AvgIpc) is 4.03. The summed E-state index contributed by atoms with van der Waals surface area (Å²) in [6.07, 6.45) is 1.08. The Morgan fingerprint density at radius 2 is 1.57 bits per heavy atom. The molecule has 2 amide bonds. The SMILES string of the molecule is COc1ccc(C(C)(C)[C@H]2[C@H](CCn3cc([C@H](O)c4ccccc4)nn3)O[C@@]3(C(=O)N(Cc4cccc(N5C(=O)c6cccc7cccc5c67)c4)c4ccccc43)[C@@H]2C)cc1. The highest BCUT2D eigenvalue weighted by molar-refractivity contribution is 6.27. The van der Waals surface area contributed by atoms with Crippen LogP contribution in [-0.4, -0.2) is 45.1 Å². The second kappa shape index (κ2) is 14.8. The number of hydrogen-bond acceptors (Lipinski definition) is 7. The van der Waals surface area contributed by atoms with E-state index in [0.717, 1.165) is 55.8 Å². The number of benzene rings is 6. The second-order valence-electron chi connectivity index (χ2n) is 17.1. The molecule has 61 heavy (non-hydrogen) atoms. The topological polar surface area (TPSA) is 110 Å². The van der Waals surface area contributed by atoms with Crippen molar-refractivity contribution in [3.05, 3.63) is 179 Å². The van der Waals surface area contributed by atoms with Crippen LogP contribution in [0.4, 0.5) is 17.1 Å². The number of nitrogens with zero attached hydrogens (tertiary/aromatic N) is 5. The number of methoxy groups -OCH3 is 1. The number of anilines is 3. The standard InChI is InChI=1S/C51H47N5O5/c1-32-46(50(2,3)36-23-25-38(60-4)26-24-36)44(27-28-54-31-41(52-53-54)47(57)35-14-6-5-7-15-35)61-51(32)40-20-8-9-21-42(40)55(49(51)59)30-33-13-10-18-37(29-33)56-43-22-12-17-34-16-11-19-39(45(34)43)48(56)58/h5-26,29,31-32,44,46-47,57H,27-28,30H2,1-4H3/t32-,44+,46-,47-,51+/m1/s1. The first-order valence-electron chi connectivity index (χ1n) is 20.9. The van der Waals surface area contributed by atoms with Gasteiger partial charge in [0.1, 0.15) is 17.5 Å². The fourth-order valence-corrected chi connectivity index (χ4v) is 10.5. The predicted octanol–water partition coefficient (Wildman–Crippen LogP) is 9.27. The molecular weight excluding hydrogens is 763 g/mol. The van der Waals surface area contributed by atoms with Crippen LogP contribution < -0.4 is 14.5 Å². The number of aliphatic hydroxyl groups is 1. The number of rotatable bonds is 11. The summed E-state index contributed by atoms with van der Waals surface area (Å²) in [6, 6.07) is 45.4. The van der Waals surface area contributed by atoms with Gasteiger partial charge in [0.05, 0.1) is 42.9 Å². The van der Waals surface area contributed by atoms with Gasteiger partial charge in [-0.1, -0.05) is 123 Å². The van der Waals surface area contributed by atoms with Crippen LogP contribution in [0.2, 0.25) is 0 Å². The molecule has 306 valence electrons. The van der Waals surface area contributed by atoms with Crippen LogP contribution in [0, 0.1) is 11.8 Å². The van der Waals surface area contributed by atoms with Crippen molar-refractivity contribution in [2.75, 3.05) is 16.9 Å². The van der Waals surface area contributed by atoms with Gasteiger partial charge in [-0.05, 0) is 76.4 Å². The number of ether oxygens (including phenoxy) is 2. The van der Waals surface area contributed by atoms with Crippen molar-refractivity contribution in [2.45, 2.75) is 63.5 Å². The van der Waals surface area contributed by atoms with Gasteiger partial charge in [-0.3, -0.25) is 19.2 Å². The minimum absolute atomic E-state index is 0.0651. The molecule has 3 aliphatic rings. The fourth-order valence-electron chi connectivity index (χ4n) is 10.5. The smallest absolute Gasteiger partial charge is 0.264 e. The van der Waals surface area contributed by atoms with Gasteiger partial charge >= 0.3 is 0 Å². The molecule has 5 atom stereocenters. The van der Waals surface area contributed by atoms with E-state index in [1.807, 2.05) is 132 Å². The van der Waals surface area contributed by atoms with Crippen molar-refractivity contribution in [3.63, 3.8) is 0 Å². The van der Waals surface area contributed by atoms with Crippen LogP contribution in [0.1, 0.15) is 71.6 Å². The molecule has 1 fully saturated rings. The molecule has 0 saturated carbocycles. The summed E-state index contributed by atoms with van der Waals surface area (Å²) in [5.41, 5.74) is 5.50. The minimum Gasteiger partial charge on any atom is -0.497 e. The van der Waals surface area contributed by atoms with Gasteiger partial charge < -0.3 is 19.5 Å². The maximum Gasteiger partial charge on any atom is 0.264 e. The van der Waals surface area contributed by atoms with E-state index in [0.29, 0.717) is 30.8 Å². The van der Waals surface area contributed by atoms with Crippen molar-refractivity contribution in [2.24, 2.45) is 11.8 Å². The molecular formula is C51H47N5O5. The van der Waals surface area contributed by atoms with E-state index in [1.165, 1.54) is 0 Å². The van der Waals surface area contributed by atoms with Gasteiger partial charge in [0.25, 0.3) is 11.8 Å². The largest absolute Gasteiger partial charge is 0.497 e. The van der Waals surface area contributed by atoms with Crippen LogP contribution >= 0.6 is 0 Å². The zero-order valence-corrected chi connectivity index (χ0v) is 34.6. The van der Waals surface area contributed by atoms with Crippen molar-refractivity contribution < 1.29 is 24.2 Å². The number of para-hydroxylation sites is 1. The van der Waals surface area contributed by atoms with Crippen LogP contribution in [-0.2, 0) is 33.6 Å². The normalized spacial score (nSPS) is 21.2. The van der Waals surface area contributed by atoms with E-state index in [4.69, 9.17) is 9.47 Å². The van der Waals surface area contributed by atoms with Gasteiger partial charge in [0, 0.05) is 35.0 Å².